The van der Waals surface area contributed by atoms with Gasteiger partial charge in [-0.2, -0.15) is 0 Å². The highest BCUT2D eigenvalue weighted by Crippen LogP contribution is 2.32. The number of hydrogen-bond acceptors (Lipinski definition) is 1. The Labute approximate surface area is 94.9 Å². The zero-order valence-electron chi connectivity index (χ0n) is 9.47. The number of hydrogen-bond donors (Lipinski definition) is 1. The molecule has 2 rings (SSSR count). The number of rotatable bonds is 2. The van der Waals surface area contributed by atoms with Gasteiger partial charge in [0.25, 0.3) is 0 Å². The van der Waals surface area contributed by atoms with E-state index in [1.807, 2.05) is 0 Å². The highest BCUT2D eigenvalue weighted by Gasteiger charge is 2.25. The zero-order chi connectivity index (χ0) is 11.5. The van der Waals surface area contributed by atoms with Crippen LogP contribution in [0.2, 0.25) is 0 Å². The SMILES string of the molecule is Cc1cc(F)ccc1C(F)C1CCCNC1. The van der Waals surface area contributed by atoms with Crippen LogP contribution in [-0.4, -0.2) is 13.1 Å². The van der Waals surface area contributed by atoms with Crippen molar-refractivity contribution in [1.82, 2.24) is 5.32 Å². The van der Waals surface area contributed by atoms with Gasteiger partial charge in [0.05, 0.1) is 0 Å². The first-order valence-electron chi connectivity index (χ1n) is 5.79. The molecule has 0 spiro atoms. The van der Waals surface area contributed by atoms with E-state index in [0.717, 1.165) is 25.9 Å². The molecule has 1 saturated heterocycles. The second-order valence-electron chi connectivity index (χ2n) is 4.51. The van der Waals surface area contributed by atoms with E-state index in [9.17, 15) is 8.78 Å². The average molecular weight is 225 g/mol. The highest BCUT2D eigenvalue weighted by molar-refractivity contribution is 5.29. The maximum absolute atomic E-state index is 14.3. The Balaban J connectivity index is 2.15. The van der Waals surface area contributed by atoms with E-state index in [2.05, 4.69) is 5.32 Å². The molecule has 0 aromatic heterocycles. The Bertz CT molecular complexity index is 359. The largest absolute Gasteiger partial charge is 0.316 e. The third kappa shape index (κ3) is 2.40. The molecule has 16 heavy (non-hydrogen) atoms. The quantitative estimate of drug-likeness (QED) is 0.815. The lowest BCUT2D eigenvalue weighted by Crippen LogP contribution is -2.32. The van der Waals surface area contributed by atoms with Crippen LogP contribution in [0.4, 0.5) is 8.78 Å². The van der Waals surface area contributed by atoms with Crippen LogP contribution >= 0.6 is 0 Å². The molecule has 0 bridgehead atoms. The first-order chi connectivity index (χ1) is 7.68. The van der Waals surface area contributed by atoms with Gasteiger partial charge in [0.15, 0.2) is 0 Å². The van der Waals surface area contributed by atoms with Gasteiger partial charge in [-0.1, -0.05) is 6.07 Å². The summed E-state index contributed by atoms with van der Waals surface area (Å²) in [5.41, 5.74) is 1.34. The van der Waals surface area contributed by atoms with Crippen molar-refractivity contribution in [1.29, 1.82) is 0 Å². The van der Waals surface area contributed by atoms with Gasteiger partial charge in [0.1, 0.15) is 12.0 Å². The van der Waals surface area contributed by atoms with Crippen molar-refractivity contribution in [3.05, 3.63) is 35.1 Å². The fourth-order valence-electron chi connectivity index (χ4n) is 2.33. The van der Waals surface area contributed by atoms with Gasteiger partial charge in [-0.05, 0) is 49.6 Å². The Kier molecular flexibility index (Phi) is 3.54. The number of aryl methyl sites for hydroxylation is 1. The van der Waals surface area contributed by atoms with Crippen LogP contribution < -0.4 is 5.32 Å². The molecule has 88 valence electrons. The molecule has 1 N–H and O–H groups in total. The van der Waals surface area contributed by atoms with Gasteiger partial charge >= 0.3 is 0 Å². The van der Waals surface area contributed by atoms with Crippen LogP contribution in [0.5, 0.6) is 0 Å². The summed E-state index contributed by atoms with van der Waals surface area (Å²) < 4.78 is 27.2. The van der Waals surface area contributed by atoms with Crippen molar-refractivity contribution < 1.29 is 8.78 Å². The summed E-state index contributed by atoms with van der Waals surface area (Å²) in [5.74, 6) is -0.270. The van der Waals surface area contributed by atoms with E-state index < -0.39 is 6.17 Å². The first kappa shape index (κ1) is 11.5. The second-order valence-corrected chi connectivity index (χ2v) is 4.51. The first-order valence-corrected chi connectivity index (χ1v) is 5.79. The van der Waals surface area contributed by atoms with Crippen LogP contribution in [0.1, 0.15) is 30.1 Å². The second kappa shape index (κ2) is 4.91. The van der Waals surface area contributed by atoms with E-state index in [1.54, 1.807) is 13.0 Å². The minimum absolute atomic E-state index is 0.0258. The summed E-state index contributed by atoms with van der Waals surface area (Å²) in [7, 11) is 0. The molecule has 1 aliphatic rings. The fraction of sp³-hybridized carbons (Fsp3) is 0.538. The lowest BCUT2D eigenvalue weighted by molar-refractivity contribution is 0.194. The number of halogens is 2. The monoisotopic (exact) mass is 225 g/mol. The summed E-state index contributed by atoms with van der Waals surface area (Å²) in [5, 5.41) is 3.20. The predicted molar refractivity (Wildman–Crippen MR) is 60.6 cm³/mol. The third-order valence-corrected chi connectivity index (χ3v) is 3.28. The Hall–Kier alpha value is -0.960. The van der Waals surface area contributed by atoms with Crippen molar-refractivity contribution in [2.45, 2.75) is 25.9 Å². The molecule has 1 nitrogen and oxygen atoms in total. The molecular weight excluding hydrogens is 208 g/mol. The standard InChI is InChI=1S/C13H17F2N/c1-9-7-11(14)4-5-12(9)13(15)10-3-2-6-16-8-10/h4-5,7,10,13,16H,2-3,6,8H2,1H3. The predicted octanol–water partition coefficient (Wildman–Crippen LogP) is 3.14. The van der Waals surface area contributed by atoms with Gasteiger partial charge < -0.3 is 5.32 Å². The Morgan fingerprint density at radius 3 is 2.88 bits per heavy atom. The number of alkyl halides is 1. The molecule has 1 aromatic rings. The lowest BCUT2D eigenvalue weighted by atomic mass is 9.89. The number of benzene rings is 1. The van der Waals surface area contributed by atoms with E-state index in [-0.39, 0.29) is 11.7 Å². The van der Waals surface area contributed by atoms with E-state index >= 15 is 0 Å². The van der Waals surface area contributed by atoms with Gasteiger partial charge in [0.2, 0.25) is 0 Å². The molecule has 0 aliphatic carbocycles. The van der Waals surface area contributed by atoms with E-state index in [4.69, 9.17) is 0 Å². The maximum Gasteiger partial charge on any atom is 0.129 e. The zero-order valence-corrected chi connectivity index (χ0v) is 9.47. The smallest absolute Gasteiger partial charge is 0.129 e. The van der Waals surface area contributed by atoms with Crippen molar-refractivity contribution in [3.63, 3.8) is 0 Å². The minimum atomic E-state index is -0.978. The van der Waals surface area contributed by atoms with E-state index in [0.29, 0.717) is 11.1 Å². The number of piperidine rings is 1. The highest BCUT2D eigenvalue weighted by atomic mass is 19.1. The Morgan fingerprint density at radius 1 is 1.44 bits per heavy atom. The van der Waals surface area contributed by atoms with Crippen molar-refractivity contribution >= 4 is 0 Å². The number of nitrogens with one attached hydrogen (secondary N) is 1. The van der Waals surface area contributed by atoms with Gasteiger partial charge in [-0.3, -0.25) is 0 Å². The molecule has 1 heterocycles. The molecular formula is C13H17F2N. The summed E-state index contributed by atoms with van der Waals surface area (Å²) in [6, 6.07) is 4.31. The molecule has 1 aromatic carbocycles. The molecule has 2 atom stereocenters. The Morgan fingerprint density at radius 2 is 2.25 bits per heavy atom. The van der Waals surface area contributed by atoms with Gasteiger partial charge in [-0.25, -0.2) is 8.78 Å². The molecule has 0 saturated carbocycles. The van der Waals surface area contributed by atoms with E-state index in [1.165, 1.54) is 12.1 Å². The van der Waals surface area contributed by atoms with Crippen LogP contribution in [0, 0.1) is 18.7 Å². The average Bonchev–Trinajstić information content (AvgIpc) is 2.29. The summed E-state index contributed by atoms with van der Waals surface area (Å²) in [6.07, 6.45) is 0.949. The van der Waals surface area contributed by atoms with Crippen LogP contribution in [-0.2, 0) is 0 Å². The molecule has 0 radical (unpaired) electrons. The van der Waals surface area contributed by atoms with Crippen molar-refractivity contribution in [3.8, 4) is 0 Å². The van der Waals surface area contributed by atoms with Crippen molar-refractivity contribution in [2.24, 2.45) is 5.92 Å². The van der Waals surface area contributed by atoms with Gasteiger partial charge in [-0.15, -0.1) is 0 Å². The normalized spacial score (nSPS) is 23.1. The molecule has 3 heteroatoms. The topological polar surface area (TPSA) is 12.0 Å². The molecule has 1 aliphatic heterocycles. The van der Waals surface area contributed by atoms with Crippen LogP contribution in [0.3, 0.4) is 0 Å². The third-order valence-electron chi connectivity index (χ3n) is 3.28. The fourth-order valence-corrected chi connectivity index (χ4v) is 2.33. The maximum atomic E-state index is 14.3. The molecule has 0 amide bonds. The summed E-state index contributed by atoms with van der Waals surface area (Å²) in [6.45, 7) is 3.46. The van der Waals surface area contributed by atoms with Gasteiger partial charge in [0, 0.05) is 12.5 Å². The summed E-state index contributed by atoms with van der Waals surface area (Å²) >= 11 is 0. The van der Waals surface area contributed by atoms with Crippen LogP contribution in [0.15, 0.2) is 18.2 Å². The van der Waals surface area contributed by atoms with Crippen molar-refractivity contribution in [2.75, 3.05) is 13.1 Å². The lowest BCUT2D eigenvalue weighted by Gasteiger charge is -2.26. The molecule has 1 fully saturated rings. The minimum Gasteiger partial charge on any atom is -0.316 e. The summed E-state index contributed by atoms with van der Waals surface area (Å²) in [4.78, 5) is 0. The molecule has 2 unspecified atom stereocenters. The van der Waals surface area contributed by atoms with Crippen LogP contribution in [0.25, 0.3) is 0 Å².